The first-order valence-corrected chi connectivity index (χ1v) is 44.3. The summed E-state index contributed by atoms with van der Waals surface area (Å²) >= 11 is 0. The molecule has 32 heteroatoms. The van der Waals surface area contributed by atoms with Gasteiger partial charge in [0.25, 0.3) is 62.7 Å². The number of primary amides is 4. The van der Waals surface area contributed by atoms with Crippen molar-refractivity contribution in [2.75, 3.05) is 33.5 Å². The summed E-state index contributed by atoms with van der Waals surface area (Å²) < 4.78 is 76.4. The Balaban J connectivity index is 0.000000142. The van der Waals surface area contributed by atoms with Gasteiger partial charge in [-0.25, -0.2) is 31.9 Å². The largest absolute Gasteiger partial charge is 0.483 e. The van der Waals surface area contributed by atoms with Gasteiger partial charge in [0.15, 0.2) is 26.4 Å². The number of ketones is 4. The third kappa shape index (κ3) is 19.2. The van der Waals surface area contributed by atoms with Gasteiger partial charge in [-0.3, -0.25) is 43.2 Å². The molecular formula is C100H96FN9O21S. The molecule has 0 spiro atoms. The number of methoxy groups -OCH3 is 1. The predicted molar refractivity (Wildman–Crippen MR) is 487 cm³/mol. The van der Waals surface area contributed by atoms with Crippen molar-refractivity contribution in [3.63, 3.8) is 0 Å². The molecule has 4 aromatic heterocycles. The number of aryl methyl sites for hydroxylation is 8. The number of nitrogens with two attached hydrogens (primary N) is 4. The van der Waals surface area contributed by atoms with Crippen LogP contribution in [0.15, 0.2) is 175 Å². The highest BCUT2D eigenvalue weighted by molar-refractivity contribution is 7.90. The molecule has 0 atom stereocenters. The van der Waals surface area contributed by atoms with Crippen molar-refractivity contribution in [1.29, 1.82) is 0 Å². The van der Waals surface area contributed by atoms with E-state index < -0.39 is 100 Å². The Kier molecular flexibility index (Phi) is 27.9. The van der Waals surface area contributed by atoms with Crippen LogP contribution in [0.25, 0.3) is 43.6 Å². The van der Waals surface area contributed by atoms with E-state index in [0.29, 0.717) is 99.7 Å². The summed E-state index contributed by atoms with van der Waals surface area (Å²) in [5.74, 6) is -10.5. The summed E-state index contributed by atoms with van der Waals surface area (Å²) in [7, 11) is -2.83. The number of aromatic nitrogens is 4. The first kappa shape index (κ1) is 92.8. The van der Waals surface area contributed by atoms with Gasteiger partial charge in [-0.05, 0) is 220 Å². The summed E-state index contributed by atoms with van der Waals surface area (Å²) in [6.45, 7) is 6.89. The van der Waals surface area contributed by atoms with Gasteiger partial charge in [0.05, 0.1) is 77.9 Å². The molecule has 17 rings (SSSR count). The fraction of sp³-hybridized carbons (Fsp3) is 0.260. The van der Waals surface area contributed by atoms with E-state index in [1.54, 1.807) is 63.2 Å². The number of carbonyl (C=O) groups is 12. The molecule has 0 saturated carbocycles. The Bertz CT molecular complexity index is 7000. The zero-order chi connectivity index (χ0) is 94.3. The number of rotatable bonds is 31. The fourth-order valence-electron chi connectivity index (χ4n) is 18.5. The second kappa shape index (κ2) is 39.7. The van der Waals surface area contributed by atoms with Gasteiger partial charge in [-0.15, -0.1) is 0 Å². The number of sulfonamides is 1. The number of aliphatic carboxylic acids is 2. The molecule has 5 amide bonds. The molecule has 0 fully saturated rings. The maximum Gasteiger partial charge on any atom is 0.343 e. The van der Waals surface area contributed by atoms with E-state index >= 15 is 0 Å². The van der Waals surface area contributed by atoms with Crippen molar-refractivity contribution < 1.29 is 104 Å². The lowest BCUT2D eigenvalue weighted by Gasteiger charge is -2.14. The number of carboxylic acids is 2. The summed E-state index contributed by atoms with van der Waals surface area (Å²) in [4.78, 5) is 146. The lowest BCUT2D eigenvalue weighted by Crippen LogP contribution is -2.34. The molecule has 0 saturated heterocycles. The number of ether oxygens (including phenoxy) is 5. The van der Waals surface area contributed by atoms with Crippen molar-refractivity contribution in [3.05, 3.63) is 287 Å². The lowest BCUT2D eigenvalue weighted by molar-refractivity contribution is -0.143. The highest BCUT2D eigenvalue weighted by atomic mass is 32.2. The van der Waals surface area contributed by atoms with Crippen molar-refractivity contribution in [1.82, 2.24) is 23.0 Å². The predicted octanol–water partition coefficient (Wildman–Crippen LogP) is 11.4. The van der Waals surface area contributed by atoms with E-state index in [1.165, 1.54) is 31.4 Å². The van der Waals surface area contributed by atoms with Gasteiger partial charge in [-0.2, -0.15) is 0 Å². The number of hydrogen-bond acceptors (Lipinski definition) is 19. The number of halogens is 1. The van der Waals surface area contributed by atoms with Crippen LogP contribution in [0.5, 0.6) is 23.0 Å². The lowest BCUT2D eigenvalue weighted by atomic mass is 9.99. The number of fused-ring (bicyclic) bond motifs is 12. The van der Waals surface area contributed by atoms with Gasteiger partial charge in [0, 0.05) is 49.0 Å². The summed E-state index contributed by atoms with van der Waals surface area (Å²) in [6, 6.07) is 50.3. The molecule has 4 heterocycles. The number of Topliss-reactive ketones (excluding diaryl/α,β-unsaturated/α-hetero) is 4. The normalized spacial score (nSPS) is 12.7. The number of esters is 1. The molecule has 132 heavy (non-hydrogen) atoms. The maximum absolute atomic E-state index is 13.8. The van der Waals surface area contributed by atoms with E-state index in [2.05, 4.69) is 9.30 Å². The van der Waals surface area contributed by atoms with Crippen LogP contribution in [-0.2, 0) is 137 Å². The van der Waals surface area contributed by atoms with Crippen LogP contribution in [0.2, 0.25) is 0 Å². The molecule has 0 unspecified atom stereocenters. The first-order valence-electron chi connectivity index (χ1n) is 42.9. The molecule has 0 bridgehead atoms. The molecular weight excluding hydrogens is 1710 g/mol. The third-order valence-corrected chi connectivity index (χ3v) is 25.6. The molecule has 0 radical (unpaired) electrons. The smallest absolute Gasteiger partial charge is 0.343 e. The Morgan fingerprint density at radius 1 is 0.386 bits per heavy atom. The number of nitrogens with one attached hydrogen (secondary N) is 1. The Morgan fingerprint density at radius 3 is 1.02 bits per heavy atom. The van der Waals surface area contributed by atoms with Crippen molar-refractivity contribution in [3.8, 4) is 23.0 Å². The van der Waals surface area contributed by atoms with Crippen LogP contribution in [0, 0.1) is 26.6 Å². The molecule has 9 aromatic carbocycles. The Hall–Kier alpha value is -15.3. The maximum atomic E-state index is 13.8. The van der Waals surface area contributed by atoms with E-state index in [0.717, 1.165) is 160 Å². The second-order valence-electron chi connectivity index (χ2n) is 32.5. The molecule has 30 nitrogen and oxygen atoms in total. The van der Waals surface area contributed by atoms with Crippen molar-refractivity contribution in [2.45, 2.75) is 142 Å². The number of benzene rings is 9. The van der Waals surface area contributed by atoms with E-state index in [4.69, 9.17) is 52.1 Å². The minimum Gasteiger partial charge on any atom is -0.483 e. The quantitative estimate of drug-likeness (QED) is 0.0121. The minimum absolute atomic E-state index is 0.0544. The molecule has 4 aliphatic rings. The number of carboxylic acid groups (broad SMARTS) is 2. The van der Waals surface area contributed by atoms with Crippen molar-refractivity contribution >= 4 is 124 Å². The SMILES string of the molecule is CCc1c(C(=O)C(N)=O)c2c(OCC(=O)O)cc3c(c2n1Cc1ccccc1)CCC3.COC(=O)COc1cc2c(c3c1c(C(=O)C(N)=O)c(C)n3Cc1cccc(F)c1)CCC2.Cc1c(C(=O)C(N)=O)c2c(OCC(=O)NS(=O)(=O)c3ccccc3)cc3c(c2n1Cc1ccccc1)CCC3.Cc1c(C(=O)C(N)=O)c2c(OCC(=O)O)cc3c(c2n1Cc1ccccc1)CCC3. The minimum atomic E-state index is -4.08. The van der Waals surface area contributed by atoms with Gasteiger partial charge >= 0.3 is 17.9 Å². The molecule has 0 aliphatic heterocycles. The highest BCUT2D eigenvalue weighted by Crippen LogP contribution is 2.47. The van der Waals surface area contributed by atoms with Crippen LogP contribution in [-0.4, -0.2) is 141 Å². The summed E-state index contributed by atoms with van der Waals surface area (Å²) in [6.07, 6.45) is 10.8. The van der Waals surface area contributed by atoms with Gasteiger partial charge in [0.2, 0.25) is 0 Å². The fourth-order valence-corrected chi connectivity index (χ4v) is 19.5. The third-order valence-electron chi connectivity index (χ3n) is 24.2. The van der Waals surface area contributed by atoms with Gasteiger partial charge in [-0.1, -0.05) is 128 Å². The van der Waals surface area contributed by atoms with Gasteiger partial charge in [0.1, 0.15) is 28.8 Å². The number of hydrogen-bond donors (Lipinski definition) is 7. The van der Waals surface area contributed by atoms with E-state index in [9.17, 15) is 70.3 Å². The molecule has 4 aliphatic carbocycles. The summed E-state index contributed by atoms with van der Waals surface area (Å²) in [5.41, 5.74) is 40.1. The van der Waals surface area contributed by atoms with E-state index in [1.807, 2.05) is 128 Å². The zero-order valence-electron chi connectivity index (χ0n) is 73.1. The average molecular weight is 1810 g/mol. The van der Waals surface area contributed by atoms with Gasteiger partial charge < -0.3 is 75.1 Å². The topological polar surface area (TPSA) is 461 Å². The second-order valence-corrected chi connectivity index (χ2v) is 34.2. The van der Waals surface area contributed by atoms with Crippen LogP contribution in [0.4, 0.5) is 4.39 Å². The van der Waals surface area contributed by atoms with Crippen LogP contribution >= 0.6 is 0 Å². The van der Waals surface area contributed by atoms with Crippen LogP contribution in [0.3, 0.4) is 0 Å². The number of carbonyl (C=O) groups excluding carboxylic acids is 10. The highest BCUT2D eigenvalue weighted by Gasteiger charge is 2.37. The standard InChI is InChI=1S/C29H27N3O6S.C24H23FN2O5.C24H24N2O5.C23H22N2O5/c1-18-25(28(34)29(30)35)26-23(38-17-24(33)31-39(36,37)21-12-6-3-7-13-21)15-20-11-8-14-22(20)27(26)32(18)16-19-9-4-2-5-10-19;1-13-20(23(29)24(26)30)21-18(32-12-19(28)31-2)10-15-6-4-8-17(15)22(21)27(13)11-14-5-3-7-16(25)9-14;1-2-17-20(23(29)24(25)30)21-18(31-13-19(27)28)11-15-9-6-10-16(15)22(21)26(17)12-14-7-4-3-5-8-14;1-13-19(22(28)23(24)29)20-17(30-12-18(26)27)10-15-8-5-9-16(15)21(20)25(13)11-14-6-3-2-4-7-14/h2-7,9-10,12-13,15H,8,11,14,16-17H2,1H3,(H2,30,35)(H,31,33);3,5,7,9-10H,4,6,8,11-12H2,1-2H3,(H2,26,30);3-5,7-8,11H,2,6,9-10,12-13H2,1H3,(H2,25,30)(H,27,28);2-4,6-7,10H,5,8-9,11-12H2,1H3,(H2,24,29)(H,26,27). The molecule has 11 N–H and O–H groups in total. The Labute approximate surface area is 756 Å². The van der Waals surface area contributed by atoms with Crippen LogP contribution < -0.4 is 46.6 Å². The van der Waals surface area contributed by atoms with E-state index in [-0.39, 0.29) is 45.3 Å². The van der Waals surface area contributed by atoms with Crippen molar-refractivity contribution in [2.24, 2.45) is 22.9 Å². The zero-order valence-corrected chi connectivity index (χ0v) is 73.9. The Morgan fingerprint density at radius 2 is 0.689 bits per heavy atom. The number of amides is 5. The summed E-state index contributed by atoms with van der Waals surface area (Å²) in [5, 5.41) is 20.0. The number of nitrogens with zero attached hydrogens (tertiary/aromatic N) is 4. The molecule has 680 valence electrons. The monoisotopic (exact) mass is 1810 g/mol. The molecule has 13 aromatic rings. The average Bonchev–Trinajstić information content (AvgIpc) is 1.57. The first-order chi connectivity index (χ1) is 63.3. The van der Waals surface area contributed by atoms with Crippen LogP contribution in [0.1, 0.15) is 164 Å².